The van der Waals surface area contributed by atoms with Crippen LogP contribution in [0, 0.1) is 23.2 Å². The predicted octanol–water partition coefficient (Wildman–Crippen LogP) is 3.49. The van der Waals surface area contributed by atoms with Crippen molar-refractivity contribution in [3.8, 4) is 0 Å². The van der Waals surface area contributed by atoms with Crippen molar-refractivity contribution in [3.63, 3.8) is 0 Å². The smallest absolute Gasteiger partial charge is 0.226 e. The normalized spacial score (nSPS) is 41.1. The first kappa shape index (κ1) is 13.0. The molecule has 0 heterocycles. The zero-order valence-electron chi connectivity index (χ0n) is 11.1. The van der Waals surface area contributed by atoms with Gasteiger partial charge in [-0.05, 0) is 69.1 Å². The quantitative estimate of drug-likeness (QED) is 0.611. The first-order valence-corrected chi connectivity index (χ1v) is 8.68. The highest BCUT2D eigenvalue weighted by atomic mass is 79.9. The van der Waals surface area contributed by atoms with Gasteiger partial charge in [-0.15, -0.1) is 0 Å². The minimum Gasteiger partial charge on any atom is -0.356 e. The van der Waals surface area contributed by atoms with Crippen LogP contribution in [0.1, 0.15) is 51.4 Å². The summed E-state index contributed by atoms with van der Waals surface area (Å²) in [7, 11) is 0. The molecule has 0 aromatic rings. The summed E-state index contributed by atoms with van der Waals surface area (Å²) in [5, 5.41) is 4.26. The van der Waals surface area contributed by atoms with Crippen molar-refractivity contribution < 1.29 is 4.79 Å². The van der Waals surface area contributed by atoms with Gasteiger partial charge in [-0.25, -0.2) is 0 Å². The second-order valence-corrected chi connectivity index (χ2v) is 7.64. The molecular formula is C15H24BrNO. The molecule has 4 fully saturated rings. The van der Waals surface area contributed by atoms with Crippen LogP contribution in [0.25, 0.3) is 0 Å². The fourth-order valence-electron chi connectivity index (χ4n) is 5.00. The molecule has 102 valence electrons. The molecule has 3 heteroatoms. The first-order chi connectivity index (χ1) is 8.72. The highest BCUT2D eigenvalue weighted by Gasteiger charge is 2.54. The highest BCUT2D eigenvalue weighted by Crippen LogP contribution is 2.60. The topological polar surface area (TPSA) is 29.1 Å². The van der Waals surface area contributed by atoms with Crippen molar-refractivity contribution in [2.24, 2.45) is 23.2 Å². The minimum absolute atomic E-state index is 0.0448. The molecule has 0 atom stereocenters. The molecule has 1 amide bonds. The van der Waals surface area contributed by atoms with E-state index < -0.39 is 0 Å². The number of halogens is 1. The number of nitrogens with one attached hydrogen (secondary N) is 1. The standard InChI is InChI=1S/C15H24BrNO/c16-3-1-2-4-17-14(18)15-8-11-5-12(9-15)7-13(6-11)10-15/h11-13H,1-10H2,(H,17,18). The number of carbonyl (C=O) groups excluding carboxylic acids is 1. The lowest BCUT2D eigenvalue weighted by Crippen LogP contribution is -2.53. The number of alkyl halides is 1. The van der Waals surface area contributed by atoms with Crippen molar-refractivity contribution in [1.29, 1.82) is 0 Å². The van der Waals surface area contributed by atoms with E-state index in [1.165, 1.54) is 38.5 Å². The van der Waals surface area contributed by atoms with Crippen LogP contribution in [0.2, 0.25) is 0 Å². The Labute approximate surface area is 118 Å². The van der Waals surface area contributed by atoms with Crippen LogP contribution in [-0.2, 0) is 4.79 Å². The van der Waals surface area contributed by atoms with Crippen molar-refractivity contribution in [3.05, 3.63) is 0 Å². The van der Waals surface area contributed by atoms with Gasteiger partial charge in [0.05, 0.1) is 0 Å². The summed E-state index contributed by atoms with van der Waals surface area (Å²) in [5.74, 6) is 2.98. The second kappa shape index (κ2) is 5.15. The van der Waals surface area contributed by atoms with E-state index in [0.29, 0.717) is 5.91 Å². The Balaban J connectivity index is 1.59. The molecule has 0 aromatic carbocycles. The van der Waals surface area contributed by atoms with Gasteiger partial charge in [0.1, 0.15) is 0 Å². The molecule has 0 aliphatic heterocycles. The number of carbonyl (C=O) groups is 1. The number of rotatable bonds is 5. The van der Waals surface area contributed by atoms with Crippen molar-refractivity contribution >= 4 is 21.8 Å². The van der Waals surface area contributed by atoms with Gasteiger partial charge in [-0.2, -0.15) is 0 Å². The van der Waals surface area contributed by atoms with E-state index in [-0.39, 0.29) is 5.41 Å². The Morgan fingerprint density at radius 3 is 2.11 bits per heavy atom. The largest absolute Gasteiger partial charge is 0.356 e. The van der Waals surface area contributed by atoms with Crippen LogP contribution < -0.4 is 5.32 Å². The molecule has 18 heavy (non-hydrogen) atoms. The van der Waals surface area contributed by atoms with E-state index in [9.17, 15) is 4.79 Å². The van der Waals surface area contributed by atoms with Crippen LogP contribution in [0.15, 0.2) is 0 Å². The third-order valence-electron chi connectivity index (χ3n) is 5.37. The van der Waals surface area contributed by atoms with E-state index >= 15 is 0 Å². The van der Waals surface area contributed by atoms with Crippen LogP contribution in [0.4, 0.5) is 0 Å². The molecule has 2 nitrogen and oxygen atoms in total. The van der Waals surface area contributed by atoms with Gasteiger partial charge in [0.2, 0.25) is 5.91 Å². The van der Waals surface area contributed by atoms with E-state index in [0.717, 1.165) is 42.5 Å². The summed E-state index contributed by atoms with van der Waals surface area (Å²) < 4.78 is 0. The molecule has 0 aromatic heterocycles. The average Bonchev–Trinajstić information content (AvgIpc) is 2.32. The molecular weight excluding hydrogens is 290 g/mol. The van der Waals surface area contributed by atoms with E-state index in [2.05, 4.69) is 21.2 Å². The molecule has 4 aliphatic rings. The lowest BCUT2D eigenvalue weighted by Gasteiger charge is -2.55. The van der Waals surface area contributed by atoms with Gasteiger partial charge in [0, 0.05) is 17.3 Å². The van der Waals surface area contributed by atoms with Gasteiger partial charge in [0.25, 0.3) is 0 Å². The van der Waals surface area contributed by atoms with E-state index in [1.54, 1.807) is 0 Å². The monoisotopic (exact) mass is 313 g/mol. The maximum absolute atomic E-state index is 12.5. The summed E-state index contributed by atoms with van der Waals surface area (Å²) in [4.78, 5) is 12.5. The zero-order valence-corrected chi connectivity index (χ0v) is 12.7. The van der Waals surface area contributed by atoms with Crippen molar-refractivity contribution in [2.75, 3.05) is 11.9 Å². The molecule has 0 spiro atoms. The summed E-state index contributed by atoms with van der Waals surface area (Å²) in [6.45, 7) is 0.867. The van der Waals surface area contributed by atoms with Gasteiger partial charge in [0.15, 0.2) is 0 Å². The number of unbranched alkanes of at least 4 members (excludes halogenated alkanes) is 1. The summed E-state index contributed by atoms with van der Waals surface area (Å²) in [5.41, 5.74) is 0.0448. The Morgan fingerprint density at radius 1 is 1.06 bits per heavy atom. The lowest BCUT2D eigenvalue weighted by molar-refractivity contribution is -0.146. The Bertz CT molecular complexity index is 293. The fraction of sp³-hybridized carbons (Fsp3) is 0.933. The SMILES string of the molecule is O=C(NCCCCBr)C12CC3CC(CC(C3)C1)C2. The number of hydrogen-bond acceptors (Lipinski definition) is 1. The van der Waals surface area contributed by atoms with Gasteiger partial charge in [-0.1, -0.05) is 15.9 Å². The minimum atomic E-state index is 0.0448. The van der Waals surface area contributed by atoms with Gasteiger partial charge in [-0.3, -0.25) is 4.79 Å². The molecule has 4 bridgehead atoms. The van der Waals surface area contributed by atoms with Crippen LogP contribution >= 0.6 is 15.9 Å². The summed E-state index contributed by atoms with van der Waals surface area (Å²) >= 11 is 3.44. The zero-order chi connectivity index (χ0) is 12.6. The molecule has 4 saturated carbocycles. The molecule has 4 rings (SSSR count). The van der Waals surface area contributed by atoms with E-state index in [4.69, 9.17) is 0 Å². The first-order valence-electron chi connectivity index (χ1n) is 7.56. The molecule has 1 N–H and O–H groups in total. The molecule has 0 unspecified atom stereocenters. The van der Waals surface area contributed by atoms with Crippen LogP contribution in [-0.4, -0.2) is 17.8 Å². The van der Waals surface area contributed by atoms with Crippen molar-refractivity contribution in [2.45, 2.75) is 51.4 Å². The number of hydrogen-bond donors (Lipinski definition) is 1. The van der Waals surface area contributed by atoms with Crippen LogP contribution in [0.5, 0.6) is 0 Å². The molecule has 4 aliphatic carbocycles. The van der Waals surface area contributed by atoms with Crippen molar-refractivity contribution in [1.82, 2.24) is 5.32 Å². The van der Waals surface area contributed by atoms with Gasteiger partial charge >= 0.3 is 0 Å². The maximum atomic E-state index is 12.5. The van der Waals surface area contributed by atoms with E-state index in [1.807, 2.05) is 0 Å². The summed E-state index contributed by atoms with van der Waals surface area (Å²) in [6, 6.07) is 0. The van der Waals surface area contributed by atoms with Gasteiger partial charge < -0.3 is 5.32 Å². The summed E-state index contributed by atoms with van der Waals surface area (Å²) in [6.07, 6.45) is 10.0. The Morgan fingerprint density at radius 2 is 1.61 bits per heavy atom. The molecule has 0 radical (unpaired) electrons. The average molecular weight is 314 g/mol. The Kier molecular flexibility index (Phi) is 3.70. The molecule has 0 saturated heterocycles. The second-order valence-electron chi connectivity index (χ2n) is 6.85. The Hall–Kier alpha value is -0.0500. The highest BCUT2D eigenvalue weighted by molar-refractivity contribution is 9.09. The maximum Gasteiger partial charge on any atom is 0.226 e. The fourth-order valence-corrected chi connectivity index (χ4v) is 5.39. The lowest BCUT2D eigenvalue weighted by atomic mass is 9.49. The predicted molar refractivity (Wildman–Crippen MR) is 76.6 cm³/mol. The number of amides is 1. The third kappa shape index (κ3) is 2.35. The third-order valence-corrected chi connectivity index (χ3v) is 5.93. The van der Waals surface area contributed by atoms with Crippen LogP contribution in [0.3, 0.4) is 0 Å².